The molecule has 1 fully saturated rings. The van der Waals surface area contributed by atoms with Crippen LogP contribution in [0.5, 0.6) is 0 Å². The molecule has 2 unspecified atom stereocenters. The summed E-state index contributed by atoms with van der Waals surface area (Å²) in [5, 5.41) is 0. The Morgan fingerprint density at radius 1 is 1.56 bits per heavy atom. The Hall–Kier alpha value is -1.03. The van der Waals surface area contributed by atoms with E-state index in [4.69, 9.17) is 11.6 Å². The number of rotatable bonds is 4. The summed E-state index contributed by atoms with van der Waals surface area (Å²) in [6.45, 7) is 5.85. The molecule has 5 heteroatoms. The first kappa shape index (κ1) is 13.4. The molecular formula is C13H20ClN3O. The maximum Gasteiger partial charge on any atom is 0.293 e. The van der Waals surface area contributed by atoms with Crippen molar-refractivity contribution in [2.45, 2.75) is 39.3 Å². The van der Waals surface area contributed by atoms with E-state index in [1.165, 1.54) is 0 Å². The third-order valence-corrected chi connectivity index (χ3v) is 3.99. The molecule has 0 spiro atoms. The average molecular weight is 270 g/mol. The first-order valence-electron chi connectivity index (χ1n) is 6.57. The molecule has 2 heterocycles. The molecule has 1 aliphatic heterocycles. The maximum absolute atomic E-state index is 12.3. The molecule has 0 amide bonds. The van der Waals surface area contributed by atoms with E-state index in [-0.39, 0.29) is 11.6 Å². The van der Waals surface area contributed by atoms with E-state index >= 15 is 0 Å². The van der Waals surface area contributed by atoms with Crippen molar-refractivity contribution in [3.63, 3.8) is 0 Å². The normalized spacial score (nSPS) is 23.6. The summed E-state index contributed by atoms with van der Waals surface area (Å²) in [6.07, 6.45) is 5.48. The van der Waals surface area contributed by atoms with Crippen molar-refractivity contribution in [2.24, 2.45) is 5.92 Å². The van der Waals surface area contributed by atoms with Crippen molar-refractivity contribution in [2.75, 3.05) is 17.3 Å². The Balaban J connectivity index is 2.34. The Bertz CT molecular complexity index is 460. The van der Waals surface area contributed by atoms with Crippen LogP contribution >= 0.6 is 11.6 Å². The highest BCUT2D eigenvalue weighted by molar-refractivity contribution is 6.18. The molecule has 2 rings (SSSR count). The predicted molar refractivity (Wildman–Crippen MR) is 74.4 cm³/mol. The van der Waals surface area contributed by atoms with Crippen LogP contribution in [0.1, 0.15) is 26.7 Å². The monoisotopic (exact) mass is 269 g/mol. The lowest BCUT2D eigenvalue weighted by Gasteiger charge is -2.25. The van der Waals surface area contributed by atoms with Crippen LogP contribution in [0.4, 0.5) is 5.82 Å². The number of alkyl halides is 1. The van der Waals surface area contributed by atoms with Gasteiger partial charge in [0.2, 0.25) is 0 Å². The lowest BCUT2D eigenvalue weighted by Crippen LogP contribution is -2.39. The Morgan fingerprint density at radius 2 is 2.33 bits per heavy atom. The SMILES string of the molecule is CCCn1ccnc(N2CCC(C)C2CCl)c1=O. The summed E-state index contributed by atoms with van der Waals surface area (Å²) < 4.78 is 1.73. The molecule has 100 valence electrons. The minimum Gasteiger partial charge on any atom is -0.348 e. The van der Waals surface area contributed by atoms with Crippen LogP contribution in [0.25, 0.3) is 0 Å². The van der Waals surface area contributed by atoms with Crippen molar-refractivity contribution in [1.29, 1.82) is 0 Å². The molecule has 0 radical (unpaired) electrons. The van der Waals surface area contributed by atoms with Gasteiger partial charge in [-0.05, 0) is 18.8 Å². The van der Waals surface area contributed by atoms with Gasteiger partial charge in [0.05, 0.1) is 0 Å². The van der Waals surface area contributed by atoms with E-state index in [1.54, 1.807) is 17.0 Å². The zero-order valence-corrected chi connectivity index (χ0v) is 11.7. The standard InChI is InChI=1S/C13H20ClN3O/c1-3-6-16-8-5-15-12(13(16)18)17-7-4-10(2)11(17)9-14/h5,8,10-11H,3-4,6-7,9H2,1-2H3. The fourth-order valence-electron chi connectivity index (χ4n) is 2.56. The van der Waals surface area contributed by atoms with E-state index in [0.29, 0.717) is 17.6 Å². The number of aryl methyl sites for hydroxylation is 1. The van der Waals surface area contributed by atoms with Gasteiger partial charge in [-0.15, -0.1) is 11.6 Å². The molecule has 0 bridgehead atoms. The second kappa shape index (κ2) is 5.74. The molecule has 1 aromatic heterocycles. The molecular weight excluding hydrogens is 250 g/mol. The first-order valence-corrected chi connectivity index (χ1v) is 7.10. The summed E-state index contributed by atoms with van der Waals surface area (Å²) in [5.41, 5.74) is 0.00330. The fraction of sp³-hybridized carbons (Fsp3) is 0.692. The molecule has 0 aromatic carbocycles. The van der Waals surface area contributed by atoms with Crippen molar-refractivity contribution >= 4 is 17.4 Å². The second-order valence-electron chi connectivity index (χ2n) is 4.93. The predicted octanol–water partition coefficient (Wildman–Crippen LogP) is 2.11. The highest BCUT2D eigenvalue weighted by Gasteiger charge is 2.32. The third kappa shape index (κ3) is 2.39. The van der Waals surface area contributed by atoms with Gasteiger partial charge in [-0.2, -0.15) is 0 Å². The fourth-order valence-corrected chi connectivity index (χ4v) is 3.03. The summed E-state index contributed by atoms with van der Waals surface area (Å²) in [5.74, 6) is 1.62. The zero-order chi connectivity index (χ0) is 13.1. The van der Waals surface area contributed by atoms with Crippen LogP contribution in [-0.2, 0) is 6.54 Å². The van der Waals surface area contributed by atoms with Crippen LogP contribution < -0.4 is 10.5 Å². The number of aromatic nitrogens is 2. The summed E-state index contributed by atoms with van der Waals surface area (Å²) in [7, 11) is 0. The van der Waals surface area contributed by atoms with E-state index in [2.05, 4.69) is 23.7 Å². The largest absolute Gasteiger partial charge is 0.348 e. The lowest BCUT2D eigenvalue weighted by molar-refractivity contribution is 0.545. The van der Waals surface area contributed by atoms with Gasteiger partial charge < -0.3 is 9.47 Å². The molecule has 1 saturated heterocycles. The summed E-state index contributed by atoms with van der Waals surface area (Å²) in [4.78, 5) is 18.7. The van der Waals surface area contributed by atoms with Crippen molar-refractivity contribution < 1.29 is 0 Å². The molecule has 18 heavy (non-hydrogen) atoms. The Morgan fingerprint density at radius 3 is 3.00 bits per heavy atom. The van der Waals surface area contributed by atoms with Gasteiger partial charge in [-0.1, -0.05) is 13.8 Å². The smallest absolute Gasteiger partial charge is 0.293 e. The minimum atomic E-state index is 0.00330. The van der Waals surface area contributed by atoms with Gasteiger partial charge in [0.25, 0.3) is 5.56 Å². The van der Waals surface area contributed by atoms with Gasteiger partial charge in [0.1, 0.15) is 0 Å². The van der Waals surface area contributed by atoms with Crippen LogP contribution in [-0.4, -0.2) is 28.0 Å². The highest BCUT2D eigenvalue weighted by Crippen LogP contribution is 2.27. The number of hydrogen-bond donors (Lipinski definition) is 0. The van der Waals surface area contributed by atoms with Gasteiger partial charge in [0.15, 0.2) is 5.82 Å². The Kier molecular flexibility index (Phi) is 4.27. The van der Waals surface area contributed by atoms with Gasteiger partial charge in [0, 0.05) is 37.4 Å². The number of nitrogens with zero attached hydrogens (tertiary/aromatic N) is 3. The van der Waals surface area contributed by atoms with Gasteiger partial charge in [-0.3, -0.25) is 4.79 Å². The number of anilines is 1. The third-order valence-electron chi connectivity index (χ3n) is 3.67. The van der Waals surface area contributed by atoms with E-state index < -0.39 is 0 Å². The zero-order valence-electron chi connectivity index (χ0n) is 11.0. The van der Waals surface area contributed by atoms with Crippen LogP contribution in [0, 0.1) is 5.92 Å². The molecule has 2 atom stereocenters. The van der Waals surface area contributed by atoms with Crippen molar-refractivity contribution in [3.8, 4) is 0 Å². The van der Waals surface area contributed by atoms with Crippen molar-refractivity contribution in [1.82, 2.24) is 9.55 Å². The molecule has 1 aromatic rings. The molecule has 0 saturated carbocycles. The quantitative estimate of drug-likeness (QED) is 0.786. The first-order chi connectivity index (χ1) is 8.69. The summed E-state index contributed by atoms with van der Waals surface area (Å²) in [6, 6.07) is 0.226. The van der Waals surface area contributed by atoms with Gasteiger partial charge in [-0.25, -0.2) is 4.98 Å². The molecule has 4 nitrogen and oxygen atoms in total. The second-order valence-corrected chi connectivity index (χ2v) is 5.24. The molecule has 0 N–H and O–H groups in total. The molecule has 1 aliphatic rings. The van der Waals surface area contributed by atoms with Crippen LogP contribution in [0.15, 0.2) is 17.2 Å². The number of hydrogen-bond acceptors (Lipinski definition) is 3. The lowest BCUT2D eigenvalue weighted by atomic mass is 10.1. The molecule has 0 aliphatic carbocycles. The highest BCUT2D eigenvalue weighted by atomic mass is 35.5. The van der Waals surface area contributed by atoms with Crippen molar-refractivity contribution in [3.05, 3.63) is 22.7 Å². The average Bonchev–Trinajstić information content (AvgIpc) is 2.73. The van der Waals surface area contributed by atoms with Crippen LogP contribution in [0.3, 0.4) is 0 Å². The van der Waals surface area contributed by atoms with Crippen LogP contribution in [0.2, 0.25) is 0 Å². The van der Waals surface area contributed by atoms with E-state index in [9.17, 15) is 4.79 Å². The summed E-state index contributed by atoms with van der Waals surface area (Å²) >= 11 is 6.02. The minimum absolute atomic E-state index is 0.00330. The van der Waals surface area contributed by atoms with E-state index in [1.807, 2.05) is 0 Å². The Labute approximate surface area is 113 Å². The van der Waals surface area contributed by atoms with Gasteiger partial charge >= 0.3 is 0 Å². The van der Waals surface area contributed by atoms with E-state index in [0.717, 1.165) is 25.9 Å². The number of halogens is 1. The topological polar surface area (TPSA) is 38.1 Å². The maximum atomic E-state index is 12.3.